The zero-order chi connectivity index (χ0) is 12.3. The van der Waals surface area contributed by atoms with Crippen molar-refractivity contribution in [3.8, 4) is 0 Å². The Morgan fingerprint density at radius 3 is 2.50 bits per heavy atom. The molecule has 3 N–H and O–H groups in total. The third-order valence-corrected chi connectivity index (χ3v) is 3.97. The molecule has 16 heavy (non-hydrogen) atoms. The number of hydrogen-bond acceptors (Lipinski definition) is 3. The molecule has 0 aliphatic rings. The highest BCUT2D eigenvalue weighted by Crippen LogP contribution is 2.17. The molecule has 0 spiro atoms. The summed E-state index contributed by atoms with van der Waals surface area (Å²) in [5, 5.41) is 0. The van der Waals surface area contributed by atoms with Gasteiger partial charge in [0.05, 0.1) is 4.90 Å². The van der Waals surface area contributed by atoms with Crippen molar-refractivity contribution in [2.75, 3.05) is 0 Å². The Bertz CT molecular complexity index is 467. The summed E-state index contributed by atoms with van der Waals surface area (Å²) in [5.41, 5.74) is 7.04. The van der Waals surface area contributed by atoms with Crippen molar-refractivity contribution in [2.45, 2.75) is 38.3 Å². The fourth-order valence-electron chi connectivity index (χ4n) is 1.43. The molecule has 1 aromatic carbocycles. The lowest BCUT2D eigenvalue weighted by Crippen LogP contribution is -2.30. The number of nitrogens with one attached hydrogen (secondary N) is 1. The molecular formula is C11H18N2O2S. The van der Waals surface area contributed by atoms with E-state index in [1.54, 1.807) is 32.9 Å². The third kappa shape index (κ3) is 3.04. The first kappa shape index (κ1) is 13.2. The Hall–Kier alpha value is -0.910. The van der Waals surface area contributed by atoms with Crippen molar-refractivity contribution in [1.82, 2.24) is 4.72 Å². The summed E-state index contributed by atoms with van der Waals surface area (Å²) in [6.45, 7) is 5.69. The lowest BCUT2D eigenvalue weighted by atomic mass is 10.1. The summed E-state index contributed by atoms with van der Waals surface area (Å²) in [4.78, 5) is 0.309. The second kappa shape index (κ2) is 4.95. The lowest BCUT2D eigenvalue weighted by Gasteiger charge is -2.12. The molecule has 1 aromatic rings. The Balaban J connectivity index is 3.21. The van der Waals surface area contributed by atoms with Crippen molar-refractivity contribution in [2.24, 2.45) is 5.73 Å². The van der Waals surface area contributed by atoms with Crippen molar-refractivity contribution in [3.63, 3.8) is 0 Å². The first-order valence-electron chi connectivity index (χ1n) is 5.18. The van der Waals surface area contributed by atoms with Crippen LogP contribution in [-0.2, 0) is 16.6 Å². The molecule has 0 saturated heterocycles. The molecule has 0 fully saturated rings. The molecule has 0 atom stereocenters. The molecule has 4 nitrogen and oxygen atoms in total. The summed E-state index contributed by atoms with van der Waals surface area (Å²) >= 11 is 0. The van der Waals surface area contributed by atoms with Gasteiger partial charge in [-0.2, -0.15) is 0 Å². The van der Waals surface area contributed by atoms with Gasteiger partial charge in [0, 0.05) is 12.6 Å². The highest BCUT2D eigenvalue weighted by Gasteiger charge is 2.17. The predicted octanol–water partition coefficient (Wildman–Crippen LogP) is 1.14. The number of benzene rings is 1. The molecule has 0 aromatic heterocycles. The topological polar surface area (TPSA) is 72.2 Å². The van der Waals surface area contributed by atoms with Gasteiger partial charge in [-0.05, 0) is 38.0 Å². The molecule has 0 aliphatic heterocycles. The third-order valence-electron chi connectivity index (χ3n) is 2.17. The van der Waals surface area contributed by atoms with Crippen molar-refractivity contribution < 1.29 is 8.42 Å². The lowest BCUT2D eigenvalue weighted by molar-refractivity contribution is 0.569. The SMILES string of the molecule is Cc1ccc(CN)cc1S(=O)(=O)NC(C)C. The zero-order valence-electron chi connectivity index (χ0n) is 9.82. The molecule has 0 radical (unpaired) electrons. The number of hydrogen-bond donors (Lipinski definition) is 2. The summed E-state index contributed by atoms with van der Waals surface area (Å²) in [5.74, 6) is 0. The highest BCUT2D eigenvalue weighted by atomic mass is 32.2. The predicted molar refractivity (Wildman–Crippen MR) is 64.5 cm³/mol. The van der Waals surface area contributed by atoms with Gasteiger partial charge < -0.3 is 5.73 Å². The molecule has 5 heteroatoms. The second-order valence-corrected chi connectivity index (χ2v) is 5.76. The average molecular weight is 242 g/mol. The second-order valence-electron chi connectivity index (χ2n) is 4.08. The van der Waals surface area contributed by atoms with E-state index in [1.165, 1.54) is 0 Å². The molecule has 0 aliphatic carbocycles. The summed E-state index contributed by atoms with van der Waals surface area (Å²) < 4.78 is 26.5. The minimum atomic E-state index is -3.43. The first-order valence-corrected chi connectivity index (χ1v) is 6.67. The Morgan fingerprint density at radius 2 is 2.00 bits per heavy atom. The summed E-state index contributed by atoms with van der Waals surface area (Å²) in [6.07, 6.45) is 0. The zero-order valence-corrected chi connectivity index (χ0v) is 10.6. The normalized spacial score (nSPS) is 12.1. The molecule has 1 rings (SSSR count). The van der Waals surface area contributed by atoms with Crippen molar-refractivity contribution in [1.29, 1.82) is 0 Å². The van der Waals surface area contributed by atoms with Crippen LogP contribution in [0.3, 0.4) is 0 Å². The fourth-order valence-corrected chi connectivity index (χ4v) is 2.98. The monoisotopic (exact) mass is 242 g/mol. The highest BCUT2D eigenvalue weighted by molar-refractivity contribution is 7.89. The van der Waals surface area contributed by atoms with Crippen molar-refractivity contribution >= 4 is 10.0 Å². The Morgan fingerprint density at radius 1 is 1.38 bits per heavy atom. The van der Waals surface area contributed by atoms with Gasteiger partial charge in [0.15, 0.2) is 0 Å². The van der Waals surface area contributed by atoms with E-state index in [4.69, 9.17) is 5.73 Å². The van der Waals surface area contributed by atoms with Crippen LogP contribution in [0, 0.1) is 6.92 Å². The quantitative estimate of drug-likeness (QED) is 0.831. The maximum absolute atomic E-state index is 12.0. The van der Waals surface area contributed by atoms with Crippen LogP contribution in [0.25, 0.3) is 0 Å². The number of aryl methyl sites for hydroxylation is 1. The van der Waals surface area contributed by atoms with E-state index in [-0.39, 0.29) is 6.04 Å². The van der Waals surface area contributed by atoms with Crippen molar-refractivity contribution in [3.05, 3.63) is 29.3 Å². The van der Waals surface area contributed by atoms with E-state index in [0.29, 0.717) is 11.4 Å². The van der Waals surface area contributed by atoms with Crippen LogP contribution in [-0.4, -0.2) is 14.5 Å². The van der Waals surface area contributed by atoms with Crippen LogP contribution in [0.1, 0.15) is 25.0 Å². The van der Waals surface area contributed by atoms with E-state index in [1.807, 2.05) is 6.07 Å². The molecule has 0 amide bonds. The van der Waals surface area contributed by atoms with Gasteiger partial charge in [-0.3, -0.25) is 0 Å². The molecule has 0 heterocycles. The maximum Gasteiger partial charge on any atom is 0.241 e. The first-order chi connectivity index (χ1) is 7.36. The summed E-state index contributed by atoms with van der Waals surface area (Å²) in [6, 6.07) is 5.12. The van der Waals surface area contributed by atoms with Crippen LogP contribution in [0.5, 0.6) is 0 Å². The van der Waals surface area contributed by atoms with Gasteiger partial charge in [-0.1, -0.05) is 12.1 Å². The van der Waals surface area contributed by atoms with Crippen LogP contribution in [0.4, 0.5) is 0 Å². The van der Waals surface area contributed by atoms with Gasteiger partial charge in [-0.15, -0.1) is 0 Å². The number of nitrogens with two attached hydrogens (primary N) is 1. The molecular weight excluding hydrogens is 224 g/mol. The smallest absolute Gasteiger partial charge is 0.241 e. The van der Waals surface area contributed by atoms with E-state index >= 15 is 0 Å². The minimum Gasteiger partial charge on any atom is -0.326 e. The largest absolute Gasteiger partial charge is 0.326 e. The van der Waals surface area contributed by atoms with Gasteiger partial charge in [0.2, 0.25) is 10.0 Å². The van der Waals surface area contributed by atoms with Crippen LogP contribution in [0.15, 0.2) is 23.1 Å². The van der Waals surface area contributed by atoms with E-state index in [2.05, 4.69) is 4.72 Å². The van der Waals surface area contributed by atoms with E-state index in [0.717, 1.165) is 11.1 Å². The van der Waals surface area contributed by atoms with E-state index < -0.39 is 10.0 Å². The standard InChI is InChI=1S/C11H18N2O2S/c1-8(2)13-16(14,15)11-6-10(7-12)5-4-9(11)3/h4-6,8,13H,7,12H2,1-3H3. The van der Waals surface area contributed by atoms with Gasteiger partial charge in [0.1, 0.15) is 0 Å². The Labute approximate surface area is 96.9 Å². The molecule has 0 unspecified atom stereocenters. The van der Waals surface area contributed by atoms with Crippen LogP contribution >= 0.6 is 0 Å². The van der Waals surface area contributed by atoms with E-state index in [9.17, 15) is 8.42 Å². The molecule has 0 saturated carbocycles. The fraction of sp³-hybridized carbons (Fsp3) is 0.455. The molecule has 0 bridgehead atoms. The number of rotatable bonds is 4. The van der Waals surface area contributed by atoms with Gasteiger partial charge in [0.25, 0.3) is 0 Å². The van der Waals surface area contributed by atoms with Crippen LogP contribution < -0.4 is 10.5 Å². The average Bonchev–Trinajstić information content (AvgIpc) is 2.16. The number of sulfonamides is 1. The van der Waals surface area contributed by atoms with Crippen LogP contribution in [0.2, 0.25) is 0 Å². The Kier molecular flexibility index (Phi) is 4.07. The van der Waals surface area contributed by atoms with Gasteiger partial charge in [-0.25, -0.2) is 13.1 Å². The van der Waals surface area contributed by atoms with Gasteiger partial charge >= 0.3 is 0 Å². The minimum absolute atomic E-state index is 0.120. The molecule has 90 valence electrons. The summed E-state index contributed by atoms with van der Waals surface area (Å²) in [7, 11) is -3.43. The maximum atomic E-state index is 12.0.